The van der Waals surface area contributed by atoms with Gasteiger partial charge in [-0.15, -0.1) is 11.3 Å². The maximum Gasteiger partial charge on any atom is 0.261 e. The molecule has 1 aromatic heterocycles. The molecule has 2 heterocycles. The van der Waals surface area contributed by atoms with Crippen LogP contribution < -0.4 is 10.2 Å². The quantitative estimate of drug-likeness (QED) is 0.639. The number of carbonyl (C=O) groups is 1. The fraction of sp³-hybridized carbons (Fsp3) is 0.227. The lowest BCUT2D eigenvalue weighted by atomic mass is 10.1. The zero-order valence-electron chi connectivity index (χ0n) is 14.7. The van der Waals surface area contributed by atoms with Gasteiger partial charge in [0.2, 0.25) is 0 Å². The van der Waals surface area contributed by atoms with Gasteiger partial charge in [0.05, 0.1) is 9.88 Å². The molecule has 4 heteroatoms. The lowest BCUT2D eigenvalue weighted by Crippen LogP contribution is -2.23. The van der Waals surface area contributed by atoms with Crippen molar-refractivity contribution in [2.45, 2.75) is 19.3 Å². The van der Waals surface area contributed by atoms with Gasteiger partial charge in [0.25, 0.3) is 5.91 Å². The van der Waals surface area contributed by atoms with E-state index >= 15 is 0 Å². The number of rotatable bonds is 6. The second-order valence-electron chi connectivity index (χ2n) is 6.51. The lowest BCUT2D eigenvalue weighted by molar-refractivity contribution is 0.0957. The van der Waals surface area contributed by atoms with Crippen molar-refractivity contribution in [3.05, 3.63) is 82.7 Å². The van der Waals surface area contributed by atoms with Crippen molar-refractivity contribution < 1.29 is 4.79 Å². The second kappa shape index (κ2) is 7.75. The van der Waals surface area contributed by atoms with E-state index in [0.717, 1.165) is 35.7 Å². The van der Waals surface area contributed by atoms with Crippen molar-refractivity contribution in [2.75, 3.05) is 18.0 Å². The Bertz CT molecular complexity index is 888. The van der Waals surface area contributed by atoms with Gasteiger partial charge in [0.15, 0.2) is 0 Å². The molecule has 0 spiro atoms. The molecule has 1 aliphatic rings. The maximum atomic E-state index is 12.4. The van der Waals surface area contributed by atoms with Crippen LogP contribution in [0.3, 0.4) is 0 Å². The molecular formula is C22H22N2OS. The number of amides is 1. The number of para-hydroxylation sites is 1. The number of fused-ring (bicyclic) bond motifs is 1. The van der Waals surface area contributed by atoms with Gasteiger partial charge in [0, 0.05) is 18.8 Å². The number of carbonyl (C=O) groups excluding carboxylic acids is 1. The molecule has 1 N–H and O–H groups in total. The molecule has 2 aromatic carbocycles. The molecule has 3 nitrogen and oxygen atoms in total. The van der Waals surface area contributed by atoms with E-state index in [4.69, 9.17) is 0 Å². The molecule has 0 saturated carbocycles. The highest BCUT2D eigenvalue weighted by molar-refractivity contribution is 7.18. The zero-order valence-corrected chi connectivity index (χ0v) is 15.5. The Morgan fingerprint density at radius 2 is 1.81 bits per heavy atom. The minimum Gasteiger partial charge on any atom is -0.351 e. The van der Waals surface area contributed by atoms with Gasteiger partial charge in [-0.1, -0.05) is 48.5 Å². The van der Waals surface area contributed by atoms with Crippen LogP contribution in [0.15, 0.2) is 66.7 Å². The largest absolute Gasteiger partial charge is 0.351 e. The predicted octanol–water partition coefficient (Wildman–Crippen LogP) is 4.80. The average Bonchev–Trinajstić information content (AvgIpc) is 3.33. The lowest BCUT2D eigenvalue weighted by Gasteiger charge is -2.16. The minimum absolute atomic E-state index is 0.0294. The Kier molecular flexibility index (Phi) is 5.02. The number of benzene rings is 2. The normalized spacial score (nSPS) is 12.8. The van der Waals surface area contributed by atoms with Crippen molar-refractivity contribution in [1.82, 2.24) is 5.32 Å². The highest BCUT2D eigenvalue weighted by Crippen LogP contribution is 2.37. The molecule has 1 aliphatic heterocycles. The molecule has 0 unspecified atom stereocenters. The fourth-order valence-electron chi connectivity index (χ4n) is 3.39. The summed E-state index contributed by atoms with van der Waals surface area (Å²) in [7, 11) is 0. The Hall–Kier alpha value is -2.59. The Morgan fingerprint density at radius 3 is 2.69 bits per heavy atom. The first-order valence-corrected chi connectivity index (χ1v) is 9.90. The van der Waals surface area contributed by atoms with Crippen molar-refractivity contribution >= 4 is 27.9 Å². The number of thiophene rings is 1. The zero-order chi connectivity index (χ0) is 17.8. The molecule has 0 bridgehead atoms. The molecule has 0 saturated heterocycles. The highest BCUT2D eigenvalue weighted by Gasteiger charge is 2.21. The van der Waals surface area contributed by atoms with E-state index in [1.165, 1.54) is 16.8 Å². The number of aryl methyl sites for hydroxylation is 1. The van der Waals surface area contributed by atoms with Crippen LogP contribution in [-0.2, 0) is 12.8 Å². The molecular weight excluding hydrogens is 340 g/mol. The van der Waals surface area contributed by atoms with Gasteiger partial charge in [0.1, 0.15) is 0 Å². The molecule has 0 fully saturated rings. The summed E-state index contributed by atoms with van der Waals surface area (Å²) < 4.78 is 0. The third kappa shape index (κ3) is 3.65. The Balaban J connectivity index is 1.32. The van der Waals surface area contributed by atoms with Crippen molar-refractivity contribution in [2.24, 2.45) is 0 Å². The van der Waals surface area contributed by atoms with Gasteiger partial charge in [-0.05, 0) is 48.6 Å². The number of hydrogen-bond donors (Lipinski definition) is 1. The van der Waals surface area contributed by atoms with Crippen LogP contribution >= 0.6 is 11.3 Å². The maximum absolute atomic E-state index is 12.4. The molecule has 0 radical (unpaired) electrons. The number of anilines is 2. The summed E-state index contributed by atoms with van der Waals surface area (Å²) in [5.74, 6) is 0.0294. The van der Waals surface area contributed by atoms with Crippen molar-refractivity contribution in [3.8, 4) is 0 Å². The molecule has 26 heavy (non-hydrogen) atoms. The van der Waals surface area contributed by atoms with E-state index < -0.39 is 0 Å². The van der Waals surface area contributed by atoms with Crippen molar-refractivity contribution in [3.63, 3.8) is 0 Å². The predicted molar refractivity (Wildman–Crippen MR) is 109 cm³/mol. The first-order valence-electron chi connectivity index (χ1n) is 9.09. The van der Waals surface area contributed by atoms with Crippen LogP contribution in [-0.4, -0.2) is 19.0 Å². The van der Waals surface area contributed by atoms with Crippen LogP contribution in [0.4, 0.5) is 10.7 Å². The van der Waals surface area contributed by atoms with Gasteiger partial charge >= 0.3 is 0 Å². The first-order chi connectivity index (χ1) is 12.8. The Morgan fingerprint density at radius 1 is 1.00 bits per heavy atom. The third-order valence-corrected chi connectivity index (χ3v) is 5.85. The van der Waals surface area contributed by atoms with Crippen LogP contribution in [0.25, 0.3) is 0 Å². The molecule has 0 atom stereocenters. The summed E-state index contributed by atoms with van der Waals surface area (Å²) in [6.45, 7) is 1.69. The standard InChI is InChI=1S/C22H22N2OS/c25-22(23-15-6-9-17-7-2-1-3-8-17)20-12-13-21(26-20)24-16-14-18-10-4-5-11-19(18)24/h1-5,7-8,10-13H,6,9,14-16H2,(H,23,25). The van der Waals surface area contributed by atoms with Gasteiger partial charge in [-0.2, -0.15) is 0 Å². The molecule has 132 valence electrons. The third-order valence-electron chi connectivity index (χ3n) is 4.74. The monoisotopic (exact) mass is 362 g/mol. The fourth-order valence-corrected chi connectivity index (χ4v) is 4.35. The number of nitrogens with zero attached hydrogens (tertiary/aromatic N) is 1. The van der Waals surface area contributed by atoms with E-state index in [2.05, 4.69) is 64.8 Å². The van der Waals surface area contributed by atoms with Crippen molar-refractivity contribution in [1.29, 1.82) is 0 Å². The topological polar surface area (TPSA) is 32.3 Å². The van der Waals surface area contributed by atoms with E-state index in [0.29, 0.717) is 6.54 Å². The van der Waals surface area contributed by atoms with Crippen LogP contribution in [0, 0.1) is 0 Å². The summed E-state index contributed by atoms with van der Waals surface area (Å²) in [4.78, 5) is 15.5. The summed E-state index contributed by atoms with van der Waals surface area (Å²) in [6, 6.07) is 22.9. The molecule has 1 amide bonds. The first kappa shape index (κ1) is 16.9. The van der Waals surface area contributed by atoms with Gasteiger partial charge in [-0.3, -0.25) is 4.79 Å². The van der Waals surface area contributed by atoms with Gasteiger partial charge in [-0.25, -0.2) is 0 Å². The minimum atomic E-state index is 0.0294. The van der Waals surface area contributed by atoms with Crippen LogP contribution in [0.5, 0.6) is 0 Å². The van der Waals surface area contributed by atoms with E-state index in [9.17, 15) is 4.79 Å². The summed E-state index contributed by atoms with van der Waals surface area (Å²) in [6.07, 6.45) is 3.00. The van der Waals surface area contributed by atoms with Gasteiger partial charge < -0.3 is 10.2 Å². The smallest absolute Gasteiger partial charge is 0.261 e. The molecule has 3 aromatic rings. The highest BCUT2D eigenvalue weighted by atomic mass is 32.1. The van der Waals surface area contributed by atoms with E-state index in [1.807, 2.05) is 12.1 Å². The SMILES string of the molecule is O=C(NCCCc1ccccc1)c1ccc(N2CCc3ccccc32)s1. The van der Waals surface area contributed by atoms with Crippen LogP contribution in [0.1, 0.15) is 27.2 Å². The number of hydrogen-bond acceptors (Lipinski definition) is 3. The van der Waals surface area contributed by atoms with Crippen LogP contribution in [0.2, 0.25) is 0 Å². The summed E-state index contributed by atoms with van der Waals surface area (Å²) in [5.41, 5.74) is 3.96. The summed E-state index contributed by atoms with van der Waals surface area (Å²) >= 11 is 1.57. The van der Waals surface area contributed by atoms with E-state index in [1.54, 1.807) is 11.3 Å². The molecule has 0 aliphatic carbocycles. The van der Waals surface area contributed by atoms with E-state index in [-0.39, 0.29) is 5.91 Å². The average molecular weight is 362 g/mol. The number of nitrogens with one attached hydrogen (secondary N) is 1. The molecule has 4 rings (SSSR count). The second-order valence-corrected chi connectivity index (χ2v) is 7.58. The summed E-state index contributed by atoms with van der Waals surface area (Å²) in [5, 5.41) is 4.19. The Labute approximate surface area is 158 Å².